The van der Waals surface area contributed by atoms with Crippen LogP contribution in [-0.2, 0) is 0 Å². The largest absolute Gasteiger partial charge is 0.478 e. The number of halogens is 1. The summed E-state index contributed by atoms with van der Waals surface area (Å²) in [6, 6.07) is 8.34. The molecule has 3 nitrogen and oxygen atoms in total. The molecule has 0 bridgehead atoms. The molecule has 2 aromatic rings. The van der Waals surface area contributed by atoms with Gasteiger partial charge in [0.2, 0.25) is 0 Å². The Bertz CT molecular complexity index is 536. The summed E-state index contributed by atoms with van der Waals surface area (Å²) in [5.41, 5.74) is 6.57. The number of ether oxygens (including phenoxy) is 1. The van der Waals surface area contributed by atoms with Crippen molar-refractivity contribution >= 4 is 0 Å². The van der Waals surface area contributed by atoms with Crippen LogP contribution in [0, 0.1) is 19.7 Å². The van der Waals surface area contributed by atoms with E-state index in [-0.39, 0.29) is 12.3 Å². The second-order valence-corrected chi connectivity index (χ2v) is 4.22. The van der Waals surface area contributed by atoms with E-state index >= 15 is 0 Å². The second kappa shape index (κ2) is 5.23. The minimum absolute atomic E-state index is 0.194. The zero-order chi connectivity index (χ0) is 13.1. The van der Waals surface area contributed by atoms with E-state index in [9.17, 15) is 4.39 Å². The van der Waals surface area contributed by atoms with Crippen molar-refractivity contribution in [2.24, 2.45) is 5.73 Å². The van der Waals surface area contributed by atoms with E-state index in [4.69, 9.17) is 14.9 Å². The molecule has 0 amide bonds. The van der Waals surface area contributed by atoms with Gasteiger partial charge in [-0.05, 0) is 43.7 Å². The Morgan fingerprint density at radius 2 is 2.06 bits per heavy atom. The van der Waals surface area contributed by atoms with Crippen molar-refractivity contribution < 1.29 is 13.5 Å². The molecule has 96 valence electrons. The van der Waals surface area contributed by atoms with Crippen LogP contribution in [0.2, 0.25) is 0 Å². The monoisotopic (exact) mass is 249 g/mol. The summed E-state index contributed by atoms with van der Waals surface area (Å²) in [5, 5.41) is 0. The van der Waals surface area contributed by atoms with E-state index in [0.717, 1.165) is 11.3 Å². The number of hydrogen-bond acceptors (Lipinski definition) is 3. The van der Waals surface area contributed by atoms with Gasteiger partial charge in [0.15, 0.2) is 17.7 Å². The summed E-state index contributed by atoms with van der Waals surface area (Å²) < 4.78 is 24.6. The molecular formula is C14H16FNO2. The highest BCUT2D eigenvalue weighted by molar-refractivity contribution is 5.30. The van der Waals surface area contributed by atoms with E-state index in [1.807, 2.05) is 19.9 Å². The SMILES string of the molecule is Cc1ccc(F)c(OC(CN)c2ccc(C)o2)c1. The number of nitrogens with two attached hydrogens (primary N) is 1. The van der Waals surface area contributed by atoms with Gasteiger partial charge in [-0.2, -0.15) is 0 Å². The molecule has 4 heteroatoms. The van der Waals surface area contributed by atoms with Crippen molar-refractivity contribution in [3.8, 4) is 5.75 Å². The van der Waals surface area contributed by atoms with Crippen LogP contribution in [0.15, 0.2) is 34.7 Å². The van der Waals surface area contributed by atoms with Gasteiger partial charge in [-0.25, -0.2) is 4.39 Å². The smallest absolute Gasteiger partial charge is 0.168 e. The molecule has 1 heterocycles. The summed E-state index contributed by atoms with van der Waals surface area (Å²) in [7, 11) is 0. The van der Waals surface area contributed by atoms with Gasteiger partial charge in [0.25, 0.3) is 0 Å². The van der Waals surface area contributed by atoms with Crippen LogP contribution >= 0.6 is 0 Å². The Morgan fingerprint density at radius 3 is 2.67 bits per heavy atom. The van der Waals surface area contributed by atoms with E-state index in [1.54, 1.807) is 18.2 Å². The van der Waals surface area contributed by atoms with Crippen molar-refractivity contribution in [2.75, 3.05) is 6.54 Å². The van der Waals surface area contributed by atoms with Gasteiger partial charge in [0.05, 0.1) is 0 Å². The van der Waals surface area contributed by atoms with Gasteiger partial charge in [-0.1, -0.05) is 6.07 Å². The lowest BCUT2D eigenvalue weighted by Crippen LogP contribution is -2.18. The maximum absolute atomic E-state index is 13.6. The van der Waals surface area contributed by atoms with Crippen LogP contribution in [0.5, 0.6) is 5.75 Å². The molecule has 0 aliphatic rings. The summed E-state index contributed by atoms with van der Waals surface area (Å²) in [5.74, 6) is 1.18. The molecule has 0 radical (unpaired) electrons. The number of hydrogen-bond donors (Lipinski definition) is 1. The van der Waals surface area contributed by atoms with Crippen LogP contribution in [0.25, 0.3) is 0 Å². The number of aryl methyl sites for hydroxylation is 2. The van der Waals surface area contributed by atoms with Crippen LogP contribution in [-0.4, -0.2) is 6.54 Å². The number of furan rings is 1. The lowest BCUT2D eigenvalue weighted by atomic mass is 10.2. The first-order valence-electron chi connectivity index (χ1n) is 5.79. The first kappa shape index (κ1) is 12.6. The Labute approximate surface area is 105 Å². The summed E-state index contributed by atoms with van der Waals surface area (Å²) >= 11 is 0. The quantitative estimate of drug-likeness (QED) is 0.905. The molecule has 1 atom stereocenters. The average molecular weight is 249 g/mol. The average Bonchev–Trinajstić information content (AvgIpc) is 2.77. The topological polar surface area (TPSA) is 48.4 Å². The highest BCUT2D eigenvalue weighted by Gasteiger charge is 2.17. The van der Waals surface area contributed by atoms with E-state index in [2.05, 4.69) is 0 Å². The molecule has 1 aromatic heterocycles. The summed E-state index contributed by atoms with van der Waals surface area (Å²) in [6.45, 7) is 3.94. The fraction of sp³-hybridized carbons (Fsp3) is 0.286. The van der Waals surface area contributed by atoms with Crippen LogP contribution in [0.4, 0.5) is 4.39 Å². The number of rotatable bonds is 4. The Hall–Kier alpha value is -1.81. The van der Waals surface area contributed by atoms with Gasteiger partial charge < -0.3 is 14.9 Å². The summed E-state index contributed by atoms with van der Waals surface area (Å²) in [6.07, 6.45) is -0.477. The fourth-order valence-electron chi connectivity index (χ4n) is 1.70. The summed E-state index contributed by atoms with van der Waals surface area (Å²) in [4.78, 5) is 0. The molecule has 2 rings (SSSR count). The second-order valence-electron chi connectivity index (χ2n) is 4.22. The van der Waals surface area contributed by atoms with E-state index < -0.39 is 11.9 Å². The Kier molecular flexibility index (Phi) is 3.67. The molecule has 1 unspecified atom stereocenters. The van der Waals surface area contributed by atoms with Crippen molar-refractivity contribution in [2.45, 2.75) is 20.0 Å². The van der Waals surface area contributed by atoms with E-state index in [1.165, 1.54) is 6.07 Å². The zero-order valence-corrected chi connectivity index (χ0v) is 10.4. The van der Waals surface area contributed by atoms with E-state index in [0.29, 0.717) is 5.76 Å². The Balaban J connectivity index is 2.22. The lowest BCUT2D eigenvalue weighted by Gasteiger charge is -2.16. The van der Waals surface area contributed by atoms with Gasteiger partial charge in [-0.15, -0.1) is 0 Å². The van der Waals surface area contributed by atoms with Crippen LogP contribution in [0.1, 0.15) is 23.2 Å². The first-order valence-corrected chi connectivity index (χ1v) is 5.79. The lowest BCUT2D eigenvalue weighted by molar-refractivity contribution is 0.175. The third-order valence-corrected chi connectivity index (χ3v) is 2.65. The molecule has 0 fully saturated rings. The maximum Gasteiger partial charge on any atom is 0.168 e. The molecule has 0 spiro atoms. The maximum atomic E-state index is 13.6. The van der Waals surface area contributed by atoms with Crippen molar-refractivity contribution in [1.82, 2.24) is 0 Å². The van der Waals surface area contributed by atoms with Gasteiger partial charge >= 0.3 is 0 Å². The zero-order valence-electron chi connectivity index (χ0n) is 10.4. The third kappa shape index (κ3) is 2.71. The molecule has 0 saturated heterocycles. The first-order chi connectivity index (χ1) is 8.60. The molecule has 0 aliphatic carbocycles. The predicted molar refractivity (Wildman–Crippen MR) is 67.0 cm³/mol. The molecule has 2 N–H and O–H groups in total. The standard InChI is InChI=1S/C14H16FNO2/c1-9-3-5-11(15)13(7-9)18-14(8-16)12-6-4-10(2)17-12/h3-7,14H,8,16H2,1-2H3. The van der Waals surface area contributed by atoms with Gasteiger partial charge in [0, 0.05) is 6.54 Å². The van der Waals surface area contributed by atoms with Crippen LogP contribution < -0.4 is 10.5 Å². The van der Waals surface area contributed by atoms with Gasteiger partial charge in [-0.3, -0.25) is 0 Å². The highest BCUT2D eigenvalue weighted by Crippen LogP contribution is 2.26. The van der Waals surface area contributed by atoms with Crippen molar-refractivity contribution in [1.29, 1.82) is 0 Å². The number of benzene rings is 1. The molecule has 0 aliphatic heterocycles. The van der Waals surface area contributed by atoms with Crippen LogP contribution in [0.3, 0.4) is 0 Å². The normalized spacial score (nSPS) is 12.4. The van der Waals surface area contributed by atoms with Crippen molar-refractivity contribution in [3.63, 3.8) is 0 Å². The van der Waals surface area contributed by atoms with Crippen molar-refractivity contribution in [3.05, 3.63) is 53.2 Å². The molecule has 0 saturated carbocycles. The fourth-order valence-corrected chi connectivity index (χ4v) is 1.70. The Morgan fingerprint density at radius 1 is 1.28 bits per heavy atom. The minimum atomic E-state index is -0.477. The highest BCUT2D eigenvalue weighted by atomic mass is 19.1. The minimum Gasteiger partial charge on any atom is -0.478 e. The predicted octanol–water partition coefficient (Wildman–Crippen LogP) is 3.11. The molecule has 1 aromatic carbocycles. The van der Waals surface area contributed by atoms with Gasteiger partial charge in [0.1, 0.15) is 11.5 Å². The third-order valence-electron chi connectivity index (χ3n) is 2.65. The molecule has 18 heavy (non-hydrogen) atoms. The molecular weight excluding hydrogens is 233 g/mol.